The molecule has 3 aromatic heterocycles. The molecule has 3 heterocycles. The second-order valence-electron chi connectivity index (χ2n) is 6.58. The second-order valence-corrected chi connectivity index (χ2v) is 8.41. The van der Waals surface area contributed by atoms with Crippen LogP contribution < -0.4 is 0 Å². The van der Waals surface area contributed by atoms with Gasteiger partial charge < -0.3 is 0 Å². The second kappa shape index (κ2) is 8.82. The van der Waals surface area contributed by atoms with Gasteiger partial charge >= 0.3 is 0 Å². The van der Waals surface area contributed by atoms with Crippen molar-refractivity contribution >= 4 is 49.0 Å². The van der Waals surface area contributed by atoms with E-state index in [9.17, 15) is 4.79 Å². The molecule has 0 bridgehead atoms. The van der Waals surface area contributed by atoms with Crippen molar-refractivity contribution in [1.29, 1.82) is 0 Å². The molecule has 0 amide bonds. The molecule has 0 aliphatic carbocycles. The van der Waals surface area contributed by atoms with Crippen molar-refractivity contribution in [2.24, 2.45) is 0 Å². The minimum Gasteiger partial charge on any atom is -0.278 e. The highest BCUT2D eigenvalue weighted by atomic mass is 32.1. The first-order chi connectivity index (χ1) is 11.8. The first-order valence-corrected chi connectivity index (χ1v) is 11.1. The summed E-state index contributed by atoms with van der Waals surface area (Å²) in [5.41, 5.74) is 2.20. The molecule has 0 saturated carbocycles. The maximum absolute atomic E-state index is 12.7. The van der Waals surface area contributed by atoms with E-state index in [0.29, 0.717) is 6.42 Å². The van der Waals surface area contributed by atoms with Gasteiger partial charge in [-0.05, 0) is 29.3 Å². The molecule has 0 saturated heterocycles. The molecule has 0 spiro atoms. The summed E-state index contributed by atoms with van der Waals surface area (Å²) >= 11 is 3.48. The number of hydrogen-bond donors (Lipinski definition) is 0. The van der Waals surface area contributed by atoms with Crippen molar-refractivity contribution < 1.29 is 4.79 Å². The predicted molar refractivity (Wildman–Crippen MR) is 108 cm³/mol. The first kappa shape index (κ1) is 17.7. The Morgan fingerprint density at radius 2 is 1.33 bits per heavy atom. The molecule has 0 aliphatic heterocycles. The third-order valence-electron chi connectivity index (χ3n) is 4.72. The molecule has 3 aromatic rings. The van der Waals surface area contributed by atoms with Crippen LogP contribution in [0.15, 0.2) is 22.9 Å². The van der Waals surface area contributed by atoms with Gasteiger partial charge in [-0.25, -0.2) is 0 Å². The number of unbranched alkanes of at least 4 members (excludes halogenated alkanes) is 8. The van der Waals surface area contributed by atoms with Crippen LogP contribution in [0.1, 0.15) is 75.9 Å². The molecule has 24 heavy (non-hydrogen) atoms. The highest BCUT2D eigenvalue weighted by molar-refractivity contribution is 7.25. The van der Waals surface area contributed by atoms with E-state index >= 15 is 0 Å². The van der Waals surface area contributed by atoms with E-state index in [2.05, 4.69) is 29.8 Å². The minimum absolute atomic E-state index is 0.259. The van der Waals surface area contributed by atoms with Crippen LogP contribution in [0.2, 0.25) is 0 Å². The number of nitrogens with zero attached hydrogens (tertiary/aromatic N) is 1. The van der Waals surface area contributed by atoms with Gasteiger partial charge in [0.15, 0.2) is 0 Å². The molecule has 0 aromatic carbocycles. The van der Waals surface area contributed by atoms with E-state index in [1.807, 2.05) is 4.57 Å². The summed E-state index contributed by atoms with van der Waals surface area (Å²) < 4.78 is 4.48. The number of aromatic nitrogens is 1. The van der Waals surface area contributed by atoms with Gasteiger partial charge in [0.2, 0.25) is 5.91 Å². The number of rotatable bonds is 10. The highest BCUT2D eigenvalue weighted by Gasteiger charge is 2.17. The molecule has 3 rings (SSSR count). The summed E-state index contributed by atoms with van der Waals surface area (Å²) in [5, 5.41) is 4.18. The quantitative estimate of drug-likeness (QED) is 0.343. The topological polar surface area (TPSA) is 22.0 Å². The molecule has 0 aliphatic rings. The van der Waals surface area contributed by atoms with Gasteiger partial charge in [0.25, 0.3) is 0 Å². The van der Waals surface area contributed by atoms with E-state index in [0.717, 1.165) is 17.5 Å². The van der Waals surface area contributed by atoms with Crippen molar-refractivity contribution in [3.8, 4) is 0 Å². The summed E-state index contributed by atoms with van der Waals surface area (Å²) in [7, 11) is 0. The van der Waals surface area contributed by atoms with E-state index in [1.165, 1.54) is 60.8 Å². The summed E-state index contributed by atoms with van der Waals surface area (Å²) in [4.78, 5) is 12.7. The van der Waals surface area contributed by atoms with Gasteiger partial charge in [0.05, 0.1) is 20.4 Å². The number of fused-ring (bicyclic) bond motifs is 3. The minimum atomic E-state index is 0.259. The van der Waals surface area contributed by atoms with Gasteiger partial charge in [0, 0.05) is 6.42 Å². The number of carbonyl (C=O) groups excluding carboxylic acids is 1. The smallest absolute Gasteiger partial charge is 0.231 e. The fourth-order valence-electron chi connectivity index (χ4n) is 3.39. The Bertz CT molecular complexity index is 732. The zero-order valence-electron chi connectivity index (χ0n) is 14.6. The Morgan fingerprint density at radius 1 is 0.833 bits per heavy atom. The number of hydrogen-bond acceptors (Lipinski definition) is 3. The van der Waals surface area contributed by atoms with Gasteiger partial charge in [-0.1, -0.05) is 58.3 Å². The largest absolute Gasteiger partial charge is 0.278 e. The third kappa shape index (κ3) is 3.92. The maximum atomic E-state index is 12.7. The Morgan fingerprint density at radius 3 is 1.88 bits per heavy atom. The lowest BCUT2D eigenvalue weighted by atomic mass is 10.1. The molecule has 0 atom stereocenters. The van der Waals surface area contributed by atoms with Gasteiger partial charge in [-0.15, -0.1) is 22.7 Å². The molecule has 4 heteroatoms. The van der Waals surface area contributed by atoms with Crippen molar-refractivity contribution in [3.05, 3.63) is 22.9 Å². The normalized spacial score (nSPS) is 11.7. The lowest BCUT2D eigenvalue weighted by Crippen LogP contribution is -2.09. The Hall–Kier alpha value is -1.13. The fourth-order valence-corrected chi connectivity index (χ4v) is 5.33. The SMILES string of the molecule is CCCCCCCCCCCC(=O)n1c2ccsc2c2sccc21. The molecule has 130 valence electrons. The summed E-state index contributed by atoms with van der Waals surface area (Å²) in [5.74, 6) is 0.259. The fraction of sp³-hybridized carbons (Fsp3) is 0.550. The van der Waals surface area contributed by atoms with E-state index in [1.54, 1.807) is 22.7 Å². The van der Waals surface area contributed by atoms with Crippen LogP contribution in [-0.4, -0.2) is 10.5 Å². The Kier molecular flexibility index (Phi) is 6.50. The van der Waals surface area contributed by atoms with E-state index < -0.39 is 0 Å². The zero-order chi connectivity index (χ0) is 16.8. The molecule has 0 fully saturated rings. The first-order valence-electron chi connectivity index (χ1n) is 9.31. The lowest BCUT2D eigenvalue weighted by molar-refractivity contribution is 0.0909. The number of carbonyl (C=O) groups is 1. The summed E-state index contributed by atoms with van der Waals surface area (Å²) in [6.07, 6.45) is 12.3. The van der Waals surface area contributed by atoms with Crippen molar-refractivity contribution in [2.45, 2.75) is 71.1 Å². The predicted octanol–water partition coefficient (Wildman–Crippen LogP) is 7.48. The molecule has 2 nitrogen and oxygen atoms in total. The lowest BCUT2D eigenvalue weighted by Gasteiger charge is -2.05. The van der Waals surface area contributed by atoms with Crippen LogP contribution in [0.3, 0.4) is 0 Å². The van der Waals surface area contributed by atoms with Crippen molar-refractivity contribution in [2.75, 3.05) is 0 Å². The van der Waals surface area contributed by atoms with Crippen LogP contribution >= 0.6 is 22.7 Å². The maximum Gasteiger partial charge on any atom is 0.231 e. The summed E-state index contributed by atoms with van der Waals surface area (Å²) in [6, 6.07) is 4.17. The standard InChI is InChI=1S/C20H27NOS2/c1-2-3-4-5-6-7-8-9-10-11-18(22)21-16-12-14-23-19(16)20-17(21)13-15-24-20/h12-15H,2-11H2,1H3. The third-order valence-corrected chi connectivity index (χ3v) is 6.69. The van der Waals surface area contributed by atoms with Crippen LogP contribution in [0.5, 0.6) is 0 Å². The van der Waals surface area contributed by atoms with Gasteiger partial charge in [-0.2, -0.15) is 0 Å². The van der Waals surface area contributed by atoms with Crippen LogP contribution in [0.25, 0.3) is 20.4 Å². The van der Waals surface area contributed by atoms with Gasteiger partial charge in [0.1, 0.15) is 0 Å². The van der Waals surface area contributed by atoms with Crippen LogP contribution in [-0.2, 0) is 0 Å². The molecule has 0 N–H and O–H groups in total. The average Bonchev–Trinajstić information content (AvgIpc) is 3.26. The van der Waals surface area contributed by atoms with Gasteiger partial charge in [-0.3, -0.25) is 9.36 Å². The monoisotopic (exact) mass is 361 g/mol. The zero-order valence-corrected chi connectivity index (χ0v) is 16.2. The van der Waals surface area contributed by atoms with Crippen molar-refractivity contribution in [3.63, 3.8) is 0 Å². The molecule has 0 radical (unpaired) electrons. The van der Waals surface area contributed by atoms with E-state index in [-0.39, 0.29) is 5.91 Å². The molecule has 0 unspecified atom stereocenters. The summed E-state index contributed by atoms with van der Waals surface area (Å²) in [6.45, 7) is 2.26. The Balaban J connectivity index is 1.45. The van der Waals surface area contributed by atoms with Crippen molar-refractivity contribution in [1.82, 2.24) is 4.57 Å². The highest BCUT2D eigenvalue weighted by Crippen LogP contribution is 2.36. The number of thiophene rings is 2. The van der Waals surface area contributed by atoms with E-state index in [4.69, 9.17) is 0 Å². The van der Waals surface area contributed by atoms with Crippen LogP contribution in [0, 0.1) is 0 Å². The molecular weight excluding hydrogens is 334 g/mol. The average molecular weight is 362 g/mol. The van der Waals surface area contributed by atoms with Crippen LogP contribution in [0.4, 0.5) is 0 Å². The molecular formula is C20H27NOS2. The Labute approximate surface area is 152 Å².